The van der Waals surface area contributed by atoms with Gasteiger partial charge in [0.2, 0.25) is 0 Å². The van der Waals surface area contributed by atoms with E-state index in [0.29, 0.717) is 24.5 Å². The molecule has 1 aliphatic rings. The van der Waals surface area contributed by atoms with Crippen molar-refractivity contribution in [3.8, 4) is 5.75 Å². The Labute approximate surface area is 172 Å². The molecule has 158 valence electrons. The molecule has 3 aromatic rings. The van der Waals surface area contributed by atoms with Crippen LogP contribution in [-0.4, -0.2) is 49.6 Å². The number of hydrogen-bond acceptors (Lipinski definition) is 5. The summed E-state index contributed by atoms with van der Waals surface area (Å²) in [6.45, 7) is 4.71. The van der Waals surface area contributed by atoms with E-state index in [4.69, 9.17) is 4.74 Å². The van der Waals surface area contributed by atoms with Crippen molar-refractivity contribution in [1.29, 1.82) is 0 Å². The minimum atomic E-state index is -2.69. The number of alkyl halides is 2. The summed E-state index contributed by atoms with van der Waals surface area (Å²) in [5.41, 5.74) is 1.38. The number of nitrogens with zero attached hydrogens (tertiary/aromatic N) is 5. The van der Waals surface area contributed by atoms with Gasteiger partial charge in [-0.15, -0.1) is 0 Å². The molecule has 0 spiro atoms. The van der Waals surface area contributed by atoms with Crippen LogP contribution in [0.25, 0.3) is 5.78 Å². The Balaban J connectivity index is 1.49. The molecule has 9 heteroatoms. The molecule has 2 atom stereocenters. The molecule has 1 aromatic carbocycles. The molecule has 7 nitrogen and oxygen atoms in total. The molecule has 1 saturated heterocycles. The maximum absolute atomic E-state index is 13.5. The normalized spacial score (nSPS) is 18.0. The second-order valence-corrected chi connectivity index (χ2v) is 7.57. The van der Waals surface area contributed by atoms with Gasteiger partial charge in [-0.1, -0.05) is 17.7 Å². The lowest BCUT2D eigenvalue weighted by atomic mass is 9.93. The summed E-state index contributed by atoms with van der Waals surface area (Å²) < 4.78 is 33.8. The predicted molar refractivity (Wildman–Crippen MR) is 106 cm³/mol. The van der Waals surface area contributed by atoms with Crippen molar-refractivity contribution < 1.29 is 18.3 Å². The van der Waals surface area contributed by atoms with Crippen LogP contribution in [0.4, 0.5) is 8.78 Å². The van der Waals surface area contributed by atoms with E-state index in [1.165, 1.54) is 12.4 Å². The van der Waals surface area contributed by atoms with Crippen LogP contribution in [0.3, 0.4) is 0 Å². The summed E-state index contributed by atoms with van der Waals surface area (Å²) in [4.78, 5) is 23.0. The van der Waals surface area contributed by atoms with E-state index in [9.17, 15) is 13.6 Å². The van der Waals surface area contributed by atoms with Gasteiger partial charge in [-0.2, -0.15) is 14.6 Å². The number of fused-ring (bicyclic) bond motifs is 1. The SMILES string of the molecule is Cc1ccc(O[C@@H](C)C(=O)N2CCC[C@@H](c3cc(C(F)F)n4ncnc4n3)C2)cc1. The second-order valence-electron chi connectivity index (χ2n) is 7.57. The first kappa shape index (κ1) is 20.2. The maximum Gasteiger partial charge on any atom is 0.280 e. The summed E-state index contributed by atoms with van der Waals surface area (Å²) in [5, 5.41) is 3.82. The van der Waals surface area contributed by atoms with Crippen molar-refractivity contribution in [1.82, 2.24) is 24.5 Å². The maximum atomic E-state index is 13.5. The fourth-order valence-electron chi connectivity index (χ4n) is 3.77. The molecule has 1 fully saturated rings. The monoisotopic (exact) mass is 415 g/mol. The smallest absolute Gasteiger partial charge is 0.280 e. The molecule has 0 bridgehead atoms. The van der Waals surface area contributed by atoms with Gasteiger partial charge in [0.25, 0.3) is 18.1 Å². The highest BCUT2D eigenvalue weighted by Crippen LogP contribution is 2.29. The quantitative estimate of drug-likeness (QED) is 0.637. The number of benzene rings is 1. The Hall–Kier alpha value is -3.10. The molecule has 1 aliphatic heterocycles. The Morgan fingerprint density at radius 1 is 1.27 bits per heavy atom. The third-order valence-corrected chi connectivity index (χ3v) is 5.36. The van der Waals surface area contributed by atoms with E-state index in [0.717, 1.165) is 22.9 Å². The zero-order chi connectivity index (χ0) is 21.3. The topological polar surface area (TPSA) is 72.6 Å². The third kappa shape index (κ3) is 4.10. The molecule has 2 aromatic heterocycles. The van der Waals surface area contributed by atoms with E-state index in [1.807, 2.05) is 31.2 Å². The highest BCUT2D eigenvalue weighted by molar-refractivity contribution is 5.81. The van der Waals surface area contributed by atoms with Gasteiger partial charge in [0.15, 0.2) is 6.10 Å². The van der Waals surface area contributed by atoms with E-state index in [1.54, 1.807) is 11.8 Å². The zero-order valence-corrected chi connectivity index (χ0v) is 16.8. The van der Waals surface area contributed by atoms with Gasteiger partial charge < -0.3 is 9.64 Å². The largest absolute Gasteiger partial charge is 0.481 e. The van der Waals surface area contributed by atoms with Gasteiger partial charge >= 0.3 is 0 Å². The fraction of sp³-hybridized carbons (Fsp3) is 0.429. The number of aromatic nitrogens is 4. The molecule has 1 amide bonds. The number of carbonyl (C=O) groups excluding carboxylic acids is 1. The van der Waals surface area contributed by atoms with Crippen molar-refractivity contribution in [3.05, 3.63) is 53.6 Å². The Morgan fingerprint density at radius 3 is 2.77 bits per heavy atom. The molecular formula is C21H23F2N5O2. The third-order valence-electron chi connectivity index (χ3n) is 5.36. The lowest BCUT2D eigenvalue weighted by Crippen LogP contribution is -2.45. The van der Waals surface area contributed by atoms with Crippen molar-refractivity contribution in [2.75, 3.05) is 13.1 Å². The molecule has 0 radical (unpaired) electrons. The molecule has 0 aliphatic carbocycles. The van der Waals surface area contributed by atoms with E-state index in [-0.39, 0.29) is 23.3 Å². The minimum absolute atomic E-state index is 0.127. The van der Waals surface area contributed by atoms with Crippen LogP contribution in [-0.2, 0) is 4.79 Å². The first-order valence-electron chi connectivity index (χ1n) is 9.93. The van der Waals surface area contributed by atoms with Gasteiger partial charge in [0.1, 0.15) is 17.8 Å². The number of piperidine rings is 1. The number of rotatable bonds is 5. The van der Waals surface area contributed by atoms with Crippen molar-refractivity contribution >= 4 is 11.7 Å². The summed E-state index contributed by atoms with van der Waals surface area (Å²) >= 11 is 0. The first-order valence-corrected chi connectivity index (χ1v) is 9.93. The number of amides is 1. The number of hydrogen-bond donors (Lipinski definition) is 0. The van der Waals surface area contributed by atoms with Gasteiger partial charge in [-0.05, 0) is 44.9 Å². The number of aryl methyl sites for hydroxylation is 1. The van der Waals surface area contributed by atoms with Crippen molar-refractivity contribution in [3.63, 3.8) is 0 Å². The fourth-order valence-corrected chi connectivity index (χ4v) is 3.77. The van der Waals surface area contributed by atoms with Crippen molar-refractivity contribution in [2.45, 2.75) is 45.1 Å². The lowest BCUT2D eigenvalue weighted by molar-refractivity contribution is -0.139. The molecule has 0 N–H and O–H groups in total. The second kappa shape index (κ2) is 8.33. The summed E-state index contributed by atoms with van der Waals surface area (Å²) in [6, 6.07) is 8.90. The van der Waals surface area contributed by atoms with Gasteiger partial charge in [-0.25, -0.2) is 13.8 Å². The molecule has 30 heavy (non-hydrogen) atoms. The highest BCUT2D eigenvalue weighted by atomic mass is 19.3. The van der Waals surface area contributed by atoms with E-state index >= 15 is 0 Å². The van der Waals surface area contributed by atoms with Crippen LogP contribution >= 0.6 is 0 Å². The van der Waals surface area contributed by atoms with Crippen LogP contribution in [0.1, 0.15) is 49.1 Å². The van der Waals surface area contributed by atoms with E-state index in [2.05, 4.69) is 15.1 Å². The number of likely N-dealkylation sites (tertiary alicyclic amines) is 1. The molecule has 3 heterocycles. The highest BCUT2D eigenvalue weighted by Gasteiger charge is 2.30. The summed E-state index contributed by atoms with van der Waals surface area (Å²) in [6.07, 6.45) is -0.609. The van der Waals surface area contributed by atoms with E-state index < -0.39 is 12.5 Å². The van der Waals surface area contributed by atoms with Crippen LogP contribution in [0.2, 0.25) is 0 Å². The molecular weight excluding hydrogens is 392 g/mol. The Bertz CT molecular complexity index is 1040. The zero-order valence-electron chi connectivity index (χ0n) is 16.8. The van der Waals surface area contributed by atoms with Crippen molar-refractivity contribution in [2.24, 2.45) is 0 Å². The standard InChI is InChI=1S/C21H23F2N5O2/c1-13-5-7-16(8-6-13)30-14(2)20(29)27-9-3-4-15(11-27)17-10-18(19(22)23)28-21(26-17)24-12-25-28/h5-8,10,12,14-15,19H,3-4,9,11H2,1-2H3/t14-,15+/m0/s1. The number of ether oxygens (including phenoxy) is 1. The number of halogens is 2. The molecule has 0 unspecified atom stereocenters. The lowest BCUT2D eigenvalue weighted by Gasteiger charge is -2.34. The summed E-state index contributed by atoms with van der Waals surface area (Å²) in [5.74, 6) is 0.504. The van der Waals surface area contributed by atoms with Crippen LogP contribution in [0.15, 0.2) is 36.7 Å². The van der Waals surface area contributed by atoms with Crippen LogP contribution in [0.5, 0.6) is 5.75 Å². The van der Waals surface area contributed by atoms with Gasteiger partial charge in [0, 0.05) is 19.0 Å². The minimum Gasteiger partial charge on any atom is -0.481 e. The Kier molecular flexibility index (Phi) is 5.61. The first-order chi connectivity index (χ1) is 14.4. The molecule has 4 rings (SSSR count). The average Bonchev–Trinajstić information content (AvgIpc) is 3.22. The number of carbonyl (C=O) groups is 1. The van der Waals surface area contributed by atoms with Crippen LogP contribution < -0.4 is 4.74 Å². The summed E-state index contributed by atoms with van der Waals surface area (Å²) in [7, 11) is 0. The van der Waals surface area contributed by atoms with Gasteiger partial charge in [0.05, 0.1) is 5.69 Å². The Morgan fingerprint density at radius 2 is 2.03 bits per heavy atom. The molecule has 0 saturated carbocycles. The van der Waals surface area contributed by atoms with Gasteiger partial charge in [-0.3, -0.25) is 4.79 Å². The van der Waals surface area contributed by atoms with Crippen LogP contribution in [0, 0.1) is 6.92 Å². The average molecular weight is 415 g/mol. The predicted octanol–water partition coefficient (Wildman–Crippen LogP) is 3.54.